The Bertz CT molecular complexity index is 1480. The van der Waals surface area contributed by atoms with Crippen molar-refractivity contribution in [2.24, 2.45) is 0 Å². The number of benzene rings is 2. The van der Waals surface area contributed by atoms with E-state index in [1.54, 1.807) is 6.07 Å². The van der Waals surface area contributed by atoms with Gasteiger partial charge in [-0.2, -0.15) is 9.29 Å². The first-order valence-corrected chi connectivity index (χ1v) is 13.1. The molecule has 1 N–H and O–H groups in total. The van der Waals surface area contributed by atoms with Gasteiger partial charge in [-0.15, -0.1) is 10.2 Å². The van der Waals surface area contributed by atoms with Crippen molar-refractivity contribution in [2.75, 3.05) is 12.4 Å². The van der Waals surface area contributed by atoms with Crippen LogP contribution in [0.15, 0.2) is 55.8 Å². The van der Waals surface area contributed by atoms with E-state index in [0.29, 0.717) is 27.7 Å². The van der Waals surface area contributed by atoms with Crippen LogP contribution in [0.3, 0.4) is 0 Å². The molecule has 0 spiro atoms. The summed E-state index contributed by atoms with van der Waals surface area (Å²) < 4.78 is 32.5. The number of carbonyl (C=O) groups excluding carboxylic acids is 1. The average molecular weight is 604 g/mol. The summed E-state index contributed by atoms with van der Waals surface area (Å²) in [6.45, 7) is -0.189. The van der Waals surface area contributed by atoms with Crippen LogP contribution in [0.4, 0.5) is 5.13 Å². The van der Waals surface area contributed by atoms with Crippen LogP contribution in [0.2, 0.25) is 10.0 Å². The number of rotatable bonds is 7. The van der Waals surface area contributed by atoms with Crippen LogP contribution in [-0.4, -0.2) is 46.0 Å². The fourth-order valence-corrected chi connectivity index (χ4v) is 5.77. The third-order valence-electron chi connectivity index (χ3n) is 4.34. The Kier molecular flexibility index (Phi) is 7.31. The quantitative estimate of drug-likeness (QED) is 0.300. The van der Waals surface area contributed by atoms with Crippen LogP contribution in [0.1, 0.15) is 16.2 Å². The van der Waals surface area contributed by atoms with Crippen molar-refractivity contribution in [1.29, 1.82) is 0 Å². The topological polar surface area (TPSA) is 131 Å². The van der Waals surface area contributed by atoms with E-state index in [4.69, 9.17) is 27.7 Å². The van der Waals surface area contributed by atoms with Crippen molar-refractivity contribution in [3.63, 3.8) is 0 Å². The van der Waals surface area contributed by atoms with Crippen molar-refractivity contribution < 1.29 is 17.7 Å². The number of amides is 1. The number of hydrogen-bond acceptors (Lipinski definition) is 9. The Hall–Kier alpha value is -2.42. The molecular weight excluding hydrogens is 591 g/mol. The molecule has 0 saturated heterocycles. The molecule has 4 aromatic rings. The minimum Gasteiger partial charge on any atom is -0.338 e. The van der Waals surface area contributed by atoms with Crippen LogP contribution in [0.5, 0.6) is 0 Å². The molecule has 0 atom stereocenters. The SMILES string of the molecule is CN(Cc1nc(-c2cccc(Br)c2)no1)S(=O)(=O)c1nnc(NC(=O)c2ccc(Cl)cc2Cl)s1. The highest BCUT2D eigenvalue weighted by Gasteiger charge is 2.28. The summed E-state index contributed by atoms with van der Waals surface area (Å²) in [5.41, 5.74) is 0.862. The van der Waals surface area contributed by atoms with E-state index in [9.17, 15) is 13.2 Å². The molecular formula is C19H13BrCl2N6O4S2. The molecule has 15 heteroatoms. The molecule has 0 unspecified atom stereocenters. The van der Waals surface area contributed by atoms with E-state index in [2.05, 4.69) is 41.6 Å². The molecule has 10 nitrogen and oxygen atoms in total. The fourth-order valence-electron chi connectivity index (χ4n) is 2.68. The molecule has 34 heavy (non-hydrogen) atoms. The highest BCUT2D eigenvalue weighted by atomic mass is 79.9. The van der Waals surface area contributed by atoms with Gasteiger partial charge in [-0.25, -0.2) is 8.42 Å². The molecule has 0 aliphatic carbocycles. The first-order chi connectivity index (χ1) is 16.1. The van der Waals surface area contributed by atoms with E-state index in [0.717, 1.165) is 8.78 Å². The molecule has 0 saturated carbocycles. The maximum Gasteiger partial charge on any atom is 0.272 e. The van der Waals surface area contributed by atoms with Gasteiger partial charge in [0, 0.05) is 22.1 Å². The van der Waals surface area contributed by atoms with Gasteiger partial charge in [0.2, 0.25) is 21.2 Å². The normalized spacial score (nSPS) is 11.7. The van der Waals surface area contributed by atoms with Crippen LogP contribution < -0.4 is 5.32 Å². The van der Waals surface area contributed by atoms with Crippen molar-refractivity contribution in [3.05, 3.63) is 68.4 Å². The Labute approximate surface area is 216 Å². The van der Waals surface area contributed by atoms with Crippen LogP contribution in [0, 0.1) is 0 Å². The Morgan fingerprint density at radius 1 is 1.21 bits per heavy atom. The molecule has 0 aliphatic rings. The predicted molar refractivity (Wildman–Crippen MR) is 130 cm³/mol. The first-order valence-electron chi connectivity index (χ1n) is 9.28. The highest BCUT2D eigenvalue weighted by molar-refractivity contribution is 9.10. The van der Waals surface area contributed by atoms with Gasteiger partial charge < -0.3 is 4.52 Å². The zero-order valence-corrected chi connectivity index (χ0v) is 21.8. The number of nitrogens with zero attached hydrogens (tertiary/aromatic N) is 5. The van der Waals surface area contributed by atoms with Gasteiger partial charge in [-0.3, -0.25) is 10.1 Å². The molecule has 1 amide bonds. The molecule has 2 aromatic carbocycles. The molecule has 2 heterocycles. The summed E-state index contributed by atoms with van der Waals surface area (Å²) in [5, 5.41) is 14.3. The van der Waals surface area contributed by atoms with Crippen LogP contribution in [-0.2, 0) is 16.6 Å². The second kappa shape index (κ2) is 10.1. The number of halogens is 3. The highest BCUT2D eigenvalue weighted by Crippen LogP contribution is 2.26. The van der Waals surface area contributed by atoms with E-state index in [-0.39, 0.29) is 32.5 Å². The van der Waals surface area contributed by atoms with Crippen molar-refractivity contribution in [3.8, 4) is 11.4 Å². The van der Waals surface area contributed by atoms with Gasteiger partial charge >= 0.3 is 0 Å². The lowest BCUT2D eigenvalue weighted by molar-refractivity contribution is 0.102. The molecule has 4 rings (SSSR count). The lowest BCUT2D eigenvalue weighted by Gasteiger charge is -2.11. The minimum absolute atomic E-state index is 0.0160. The minimum atomic E-state index is -4.04. The monoisotopic (exact) mass is 602 g/mol. The Balaban J connectivity index is 1.46. The number of hydrogen-bond donors (Lipinski definition) is 1. The van der Waals surface area contributed by atoms with Crippen LogP contribution in [0.25, 0.3) is 11.4 Å². The fraction of sp³-hybridized carbons (Fsp3) is 0.105. The van der Waals surface area contributed by atoms with E-state index < -0.39 is 15.9 Å². The van der Waals surface area contributed by atoms with Crippen molar-refractivity contribution in [2.45, 2.75) is 10.9 Å². The summed E-state index contributed by atoms with van der Waals surface area (Å²) in [7, 11) is -2.71. The summed E-state index contributed by atoms with van der Waals surface area (Å²) >= 11 is 15.9. The summed E-state index contributed by atoms with van der Waals surface area (Å²) in [6, 6.07) is 11.7. The van der Waals surface area contributed by atoms with Gasteiger partial charge in [0.25, 0.3) is 15.9 Å². The third-order valence-corrected chi connectivity index (χ3v) is 8.37. The molecule has 0 bridgehead atoms. The summed E-state index contributed by atoms with van der Waals surface area (Å²) in [4.78, 5) is 16.7. The lowest BCUT2D eigenvalue weighted by atomic mass is 10.2. The van der Waals surface area contributed by atoms with Gasteiger partial charge in [0.15, 0.2) is 0 Å². The summed E-state index contributed by atoms with van der Waals surface area (Å²) in [6.07, 6.45) is 0. The second-order valence-corrected chi connectivity index (χ2v) is 11.7. The molecule has 0 aliphatic heterocycles. The zero-order valence-electron chi connectivity index (χ0n) is 17.1. The van der Waals surface area contributed by atoms with Gasteiger partial charge in [0.05, 0.1) is 17.1 Å². The lowest BCUT2D eigenvalue weighted by Crippen LogP contribution is -2.26. The number of sulfonamides is 1. The Morgan fingerprint density at radius 3 is 2.74 bits per heavy atom. The molecule has 2 aromatic heterocycles. The van der Waals surface area contributed by atoms with Gasteiger partial charge in [-0.05, 0) is 30.3 Å². The predicted octanol–water partition coefficient (Wildman–Crippen LogP) is 4.73. The van der Waals surface area contributed by atoms with E-state index >= 15 is 0 Å². The number of nitrogens with one attached hydrogen (secondary N) is 1. The zero-order chi connectivity index (χ0) is 24.5. The average Bonchev–Trinajstić information content (AvgIpc) is 3.44. The molecule has 0 fully saturated rings. The first kappa shape index (κ1) is 24.7. The maximum atomic E-state index is 12.9. The Morgan fingerprint density at radius 2 is 2.00 bits per heavy atom. The van der Waals surface area contributed by atoms with E-state index in [1.165, 1.54) is 25.2 Å². The van der Waals surface area contributed by atoms with E-state index in [1.807, 2.05) is 18.2 Å². The third kappa shape index (κ3) is 5.45. The molecule has 0 radical (unpaired) electrons. The largest absolute Gasteiger partial charge is 0.338 e. The number of carbonyl (C=O) groups is 1. The molecule has 176 valence electrons. The smallest absolute Gasteiger partial charge is 0.272 e. The number of aromatic nitrogens is 4. The second-order valence-electron chi connectivity index (χ2n) is 6.73. The van der Waals surface area contributed by atoms with Gasteiger partial charge in [0.1, 0.15) is 0 Å². The van der Waals surface area contributed by atoms with Crippen molar-refractivity contribution in [1.82, 2.24) is 24.6 Å². The maximum absolute atomic E-state index is 12.9. The standard InChI is InChI=1S/C19H13BrCl2N6O4S2/c1-28(9-15-23-16(27-32-15)10-3-2-4-11(20)7-10)34(30,31)19-26-25-18(33-19)24-17(29)13-6-5-12(21)8-14(13)22/h2-8H,9H2,1H3,(H,24,25,29). The van der Waals surface area contributed by atoms with Crippen LogP contribution >= 0.6 is 50.5 Å². The van der Waals surface area contributed by atoms with Gasteiger partial charge in [-0.1, -0.05) is 67.8 Å². The summed E-state index contributed by atoms with van der Waals surface area (Å²) in [5.74, 6) is -0.165. The number of anilines is 1. The van der Waals surface area contributed by atoms with Crippen molar-refractivity contribution >= 4 is 71.5 Å².